The van der Waals surface area contributed by atoms with Gasteiger partial charge in [0.2, 0.25) is 5.13 Å². The predicted octanol–water partition coefficient (Wildman–Crippen LogP) is 5.27. The van der Waals surface area contributed by atoms with Crippen molar-refractivity contribution in [2.75, 3.05) is 10.4 Å². The Bertz CT molecular complexity index is 1070. The summed E-state index contributed by atoms with van der Waals surface area (Å²) in [5.41, 5.74) is 7.75. The summed E-state index contributed by atoms with van der Waals surface area (Å²) in [6.45, 7) is 0. The Kier molecular flexibility index (Phi) is 3.21. The number of fused-ring (bicyclic) bond motifs is 2. The van der Waals surface area contributed by atoms with Gasteiger partial charge in [0, 0.05) is 45.8 Å². The maximum Gasteiger partial charge on any atom is 0.201 e. The van der Waals surface area contributed by atoms with Crippen molar-refractivity contribution in [1.29, 1.82) is 0 Å². The predicted molar refractivity (Wildman–Crippen MR) is 104 cm³/mol. The van der Waals surface area contributed by atoms with Crippen molar-refractivity contribution in [3.63, 3.8) is 0 Å². The average molecular weight is 345 g/mol. The zero-order chi connectivity index (χ0) is 16.6. The van der Waals surface area contributed by atoms with Gasteiger partial charge in [0.1, 0.15) is 0 Å². The van der Waals surface area contributed by atoms with Crippen molar-refractivity contribution in [3.8, 4) is 0 Å². The van der Waals surface area contributed by atoms with E-state index in [4.69, 9.17) is 0 Å². The first-order chi connectivity index (χ1) is 12.4. The molecule has 0 aliphatic carbocycles. The molecule has 122 valence electrons. The molecule has 6 heteroatoms. The number of aromatic nitrogens is 3. The second kappa shape index (κ2) is 5.68. The molecule has 0 atom stereocenters. The van der Waals surface area contributed by atoms with Gasteiger partial charge in [0.25, 0.3) is 0 Å². The van der Waals surface area contributed by atoms with Gasteiger partial charge in [-0.2, -0.15) is 0 Å². The van der Waals surface area contributed by atoms with Crippen LogP contribution in [-0.2, 0) is 0 Å². The lowest BCUT2D eigenvalue weighted by atomic mass is 10.2. The van der Waals surface area contributed by atoms with E-state index in [1.165, 1.54) is 0 Å². The van der Waals surface area contributed by atoms with Crippen LogP contribution in [0.2, 0.25) is 0 Å². The van der Waals surface area contributed by atoms with Crippen LogP contribution in [0.15, 0.2) is 72.5 Å². The Morgan fingerprint density at radius 2 is 1.44 bits per heavy atom. The van der Waals surface area contributed by atoms with Gasteiger partial charge in [-0.25, -0.2) is 9.99 Å². The highest BCUT2D eigenvalue weighted by Gasteiger charge is 2.18. The monoisotopic (exact) mass is 345 g/mol. The number of aromatic amines is 2. The normalized spacial score (nSPS) is 11.2. The van der Waals surface area contributed by atoms with Gasteiger partial charge in [-0.05, 0) is 12.1 Å². The molecule has 25 heavy (non-hydrogen) atoms. The minimum absolute atomic E-state index is 0.843. The molecule has 0 saturated heterocycles. The van der Waals surface area contributed by atoms with E-state index in [9.17, 15) is 0 Å². The number of hydrogen-bond acceptors (Lipinski definition) is 4. The second-order valence-electron chi connectivity index (χ2n) is 5.72. The van der Waals surface area contributed by atoms with Gasteiger partial charge in [-0.15, -0.1) is 11.3 Å². The van der Waals surface area contributed by atoms with Crippen LogP contribution in [0.3, 0.4) is 0 Å². The first-order valence-corrected chi connectivity index (χ1v) is 8.86. The van der Waals surface area contributed by atoms with Crippen LogP contribution in [0.4, 0.5) is 16.5 Å². The summed E-state index contributed by atoms with van der Waals surface area (Å²) in [5.74, 6) is 0. The summed E-state index contributed by atoms with van der Waals surface area (Å²) in [4.78, 5) is 11.1. The summed E-state index contributed by atoms with van der Waals surface area (Å²) in [7, 11) is 0. The molecule has 0 aliphatic heterocycles. The van der Waals surface area contributed by atoms with E-state index in [0.717, 1.165) is 38.3 Å². The van der Waals surface area contributed by atoms with Gasteiger partial charge >= 0.3 is 0 Å². The molecule has 3 heterocycles. The molecule has 5 rings (SSSR count). The van der Waals surface area contributed by atoms with E-state index in [2.05, 4.69) is 61.8 Å². The maximum absolute atomic E-state index is 4.38. The summed E-state index contributed by atoms with van der Waals surface area (Å²) >= 11 is 1.57. The summed E-state index contributed by atoms with van der Waals surface area (Å²) in [6.07, 6.45) is 5.84. The van der Waals surface area contributed by atoms with Gasteiger partial charge in [0.15, 0.2) is 0 Å². The standard InChI is InChI=1S/C19H15N5S/c1-3-7-15-13(5-1)17(11-21-15)24(23-19-20-9-10-25-19)18-12-22-16-8-4-2-6-14(16)18/h1-12,21-22H,(H,20,23). The topological polar surface area (TPSA) is 59.7 Å². The molecule has 0 aliphatic rings. The van der Waals surface area contributed by atoms with Crippen molar-refractivity contribution in [1.82, 2.24) is 15.0 Å². The molecule has 0 unspecified atom stereocenters. The maximum atomic E-state index is 4.38. The van der Waals surface area contributed by atoms with E-state index < -0.39 is 0 Å². The Labute approximate surface area is 147 Å². The molecule has 3 aromatic heterocycles. The van der Waals surface area contributed by atoms with E-state index in [0.29, 0.717) is 0 Å². The number of thiazole rings is 1. The molecule has 0 bridgehead atoms. The fraction of sp³-hybridized carbons (Fsp3) is 0. The Morgan fingerprint density at radius 1 is 0.840 bits per heavy atom. The molecule has 0 saturated carbocycles. The van der Waals surface area contributed by atoms with Crippen LogP contribution in [0.5, 0.6) is 0 Å². The summed E-state index contributed by atoms with van der Waals surface area (Å²) in [5, 5.41) is 7.19. The highest BCUT2D eigenvalue weighted by molar-refractivity contribution is 7.13. The van der Waals surface area contributed by atoms with Crippen molar-refractivity contribution in [2.45, 2.75) is 0 Å². The third kappa shape index (κ3) is 2.35. The van der Waals surface area contributed by atoms with Crippen molar-refractivity contribution >= 4 is 49.6 Å². The first-order valence-electron chi connectivity index (χ1n) is 7.99. The van der Waals surface area contributed by atoms with E-state index >= 15 is 0 Å². The summed E-state index contributed by atoms with van der Waals surface area (Å²) in [6, 6.07) is 16.6. The quantitative estimate of drug-likeness (QED) is 0.389. The highest BCUT2D eigenvalue weighted by atomic mass is 32.1. The highest BCUT2D eigenvalue weighted by Crippen LogP contribution is 2.36. The molecule has 3 N–H and O–H groups in total. The number of para-hydroxylation sites is 2. The third-order valence-electron chi connectivity index (χ3n) is 4.26. The number of nitrogens with zero attached hydrogens (tertiary/aromatic N) is 2. The number of rotatable bonds is 4. The second-order valence-corrected chi connectivity index (χ2v) is 6.62. The van der Waals surface area contributed by atoms with Crippen molar-refractivity contribution in [3.05, 3.63) is 72.5 Å². The fourth-order valence-electron chi connectivity index (χ4n) is 3.11. The van der Waals surface area contributed by atoms with Crippen molar-refractivity contribution in [2.24, 2.45) is 0 Å². The van der Waals surface area contributed by atoms with Crippen LogP contribution in [0.1, 0.15) is 0 Å². The van der Waals surface area contributed by atoms with Gasteiger partial charge in [0.05, 0.1) is 11.4 Å². The van der Waals surface area contributed by atoms with Gasteiger partial charge in [-0.3, -0.25) is 5.43 Å². The number of hydrazine groups is 1. The SMILES string of the molecule is c1ccc2c(N(Nc3nccs3)c3c[nH]c4ccccc34)c[nH]c2c1. The molecule has 2 aromatic carbocycles. The first kappa shape index (κ1) is 14.1. The summed E-state index contributed by atoms with van der Waals surface area (Å²) < 4.78 is 0. The average Bonchev–Trinajstić information content (AvgIpc) is 3.39. The van der Waals surface area contributed by atoms with Crippen LogP contribution in [0, 0.1) is 0 Å². The zero-order valence-electron chi connectivity index (χ0n) is 13.2. The van der Waals surface area contributed by atoms with Crippen LogP contribution in [-0.4, -0.2) is 15.0 Å². The fourth-order valence-corrected chi connectivity index (χ4v) is 3.62. The number of benzene rings is 2. The van der Waals surface area contributed by atoms with Crippen LogP contribution in [0.25, 0.3) is 21.8 Å². The molecule has 0 amide bonds. The molecule has 5 aromatic rings. The minimum atomic E-state index is 0.843. The molecule has 5 nitrogen and oxygen atoms in total. The lowest BCUT2D eigenvalue weighted by Gasteiger charge is -2.23. The Hall–Kier alpha value is -3.25. The van der Waals surface area contributed by atoms with Gasteiger partial charge in [-0.1, -0.05) is 36.4 Å². The lowest BCUT2D eigenvalue weighted by Crippen LogP contribution is -2.23. The number of hydrogen-bond donors (Lipinski definition) is 3. The lowest BCUT2D eigenvalue weighted by molar-refractivity contribution is 1.16. The van der Waals surface area contributed by atoms with Crippen LogP contribution < -0.4 is 10.4 Å². The smallest absolute Gasteiger partial charge is 0.201 e. The number of anilines is 3. The molecule has 0 spiro atoms. The number of nitrogens with one attached hydrogen (secondary N) is 3. The molecule has 0 fully saturated rings. The zero-order valence-corrected chi connectivity index (χ0v) is 14.0. The Balaban J connectivity index is 1.71. The molecule has 0 radical (unpaired) electrons. The number of H-pyrrole nitrogens is 2. The van der Waals surface area contributed by atoms with Crippen LogP contribution >= 0.6 is 11.3 Å². The largest absolute Gasteiger partial charge is 0.359 e. The minimum Gasteiger partial charge on any atom is -0.359 e. The van der Waals surface area contributed by atoms with Gasteiger partial charge < -0.3 is 9.97 Å². The molecular weight excluding hydrogens is 330 g/mol. The van der Waals surface area contributed by atoms with E-state index in [-0.39, 0.29) is 0 Å². The van der Waals surface area contributed by atoms with Crippen molar-refractivity contribution < 1.29 is 0 Å². The van der Waals surface area contributed by atoms with E-state index in [1.54, 1.807) is 17.5 Å². The Morgan fingerprint density at radius 3 is 2.00 bits per heavy atom. The molecular formula is C19H15N5S. The van der Waals surface area contributed by atoms with E-state index in [1.807, 2.05) is 29.9 Å². The third-order valence-corrected chi connectivity index (χ3v) is 4.93.